The van der Waals surface area contributed by atoms with Gasteiger partial charge in [-0.3, -0.25) is 0 Å². The lowest BCUT2D eigenvalue weighted by atomic mass is 9.99. The minimum absolute atomic E-state index is 0.0961. The van der Waals surface area contributed by atoms with Crippen molar-refractivity contribution < 1.29 is 23.3 Å². The molecule has 2 aromatic carbocycles. The molecule has 3 aromatic rings. The van der Waals surface area contributed by atoms with Gasteiger partial charge >= 0.3 is 6.01 Å². The van der Waals surface area contributed by atoms with Crippen LogP contribution >= 0.6 is 22.6 Å². The Morgan fingerprint density at radius 2 is 1.53 bits per heavy atom. The maximum Gasteiger partial charge on any atom is 0.319 e. The third kappa shape index (κ3) is 6.86. The maximum absolute atomic E-state index is 11.9. The molecule has 0 spiro atoms. The van der Waals surface area contributed by atoms with Gasteiger partial charge in [-0.2, -0.15) is 9.97 Å². The molecular weight excluding hydrogens is 530 g/mol. The molecule has 0 bridgehead atoms. The first-order chi connectivity index (χ1) is 15.6. The van der Waals surface area contributed by atoms with Crippen LogP contribution in [-0.4, -0.2) is 62.9 Å². The smallest absolute Gasteiger partial charge is 0.319 e. The first-order valence-corrected chi connectivity index (χ1v) is 11.2. The Balaban J connectivity index is 1.54. The highest BCUT2D eigenvalue weighted by Gasteiger charge is 2.15. The van der Waals surface area contributed by atoms with Crippen LogP contribution in [0.1, 0.15) is 0 Å². The number of halogens is 2. The van der Waals surface area contributed by atoms with E-state index in [0.717, 1.165) is 14.7 Å². The largest absolute Gasteiger partial charge is 0.461 e. The van der Waals surface area contributed by atoms with Gasteiger partial charge in [-0.1, -0.05) is 12.1 Å². The van der Waals surface area contributed by atoms with Gasteiger partial charge in [-0.15, -0.1) is 0 Å². The second-order valence-electron chi connectivity index (χ2n) is 6.70. The fourth-order valence-electron chi connectivity index (χ4n) is 3.06. The van der Waals surface area contributed by atoms with Crippen molar-refractivity contribution in [2.75, 3.05) is 64.4 Å². The number of aromatic nitrogens is 2. The summed E-state index contributed by atoms with van der Waals surface area (Å²) in [6.45, 7) is 1.81. The van der Waals surface area contributed by atoms with Gasteiger partial charge in [-0.05, 0) is 52.4 Å². The van der Waals surface area contributed by atoms with Crippen LogP contribution in [0.15, 0.2) is 36.4 Å². The Morgan fingerprint density at radius 3 is 2.22 bits per heavy atom. The van der Waals surface area contributed by atoms with E-state index in [2.05, 4.69) is 32.6 Å². The molecule has 0 saturated carbocycles. The number of anilines is 2. The lowest BCUT2D eigenvalue weighted by Crippen LogP contribution is -2.14. The van der Waals surface area contributed by atoms with E-state index in [1.165, 1.54) is 0 Å². The van der Waals surface area contributed by atoms with E-state index >= 15 is 0 Å². The summed E-state index contributed by atoms with van der Waals surface area (Å²) >= 11 is 2.26. The van der Waals surface area contributed by atoms with E-state index in [1.54, 1.807) is 12.1 Å². The van der Waals surface area contributed by atoms with E-state index in [-0.39, 0.29) is 19.2 Å². The molecule has 0 unspecified atom stereocenters. The topological polar surface area (TPSA) is 115 Å². The van der Waals surface area contributed by atoms with Gasteiger partial charge in [0.05, 0.1) is 50.5 Å². The highest BCUT2D eigenvalue weighted by Crippen LogP contribution is 2.37. The quantitative estimate of drug-likeness (QED) is 0.187. The van der Waals surface area contributed by atoms with Crippen LogP contribution in [0.5, 0.6) is 6.01 Å². The molecule has 1 heterocycles. The third-order valence-corrected chi connectivity index (χ3v) is 5.11. The van der Waals surface area contributed by atoms with Crippen molar-refractivity contribution >= 4 is 45.0 Å². The van der Waals surface area contributed by atoms with Crippen molar-refractivity contribution in [2.45, 2.75) is 0 Å². The predicted molar refractivity (Wildman–Crippen MR) is 130 cm³/mol. The number of hydrogen-bond donors (Lipinski definition) is 2. The molecule has 3 rings (SSSR count). The molecule has 0 saturated heterocycles. The third-order valence-electron chi connectivity index (χ3n) is 4.44. The highest BCUT2D eigenvalue weighted by molar-refractivity contribution is 14.1. The average Bonchev–Trinajstić information content (AvgIpc) is 2.78. The van der Waals surface area contributed by atoms with Crippen molar-refractivity contribution in [3.05, 3.63) is 40.0 Å². The molecule has 0 fully saturated rings. The van der Waals surface area contributed by atoms with Crippen molar-refractivity contribution in [3.8, 4) is 17.1 Å². The summed E-state index contributed by atoms with van der Waals surface area (Å²) in [5, 5.41) is 0.697. The van der Waals surface area contributed by atoms with Gasteiger partial charge in [0.1, 0.15) is 19.1 Å². The van der Waals surface area contributed by atoms with Crippen LogP contribution in [0.25, 0.3) is 22.0 Å². The SMILES string of the molecule is Nc1ccc2nc(OCCOCCOCCOCCF)nc(N)c2c1-c1cccc(I)c1. The van der Waals surface area contributed by atoms with Crippen molar-refractivity contribution in [1.82, 2.24) is 9.97 Å². The molecule has 0 aliphatic rings. The lowest BCUT2D eigenvalue weighted by molar-refractivity contribution is 0.00706. The van der Waals surface area contributed by atoms with Crippen molar-refractivity contribution in [2.24, 2.45) is 0 Å². The summed E-state index contributed by atoms with van der Waals surface area (Å²) in [6, 6.07) is 11.8. The Kier molecular flexibility index (Phi) is 9.65. The molecule has 172 valence electrons. The molecule has 4 N–H and O–H groups in total. The number of nitrogens with two attached hydrogens (primary N) is 2. The van der Waals surface area contributed by atoms with Gasteiger partial charge in [0.15, 0.2) is 0 Å². The van der Waals surface area contributed by atoms with Gasteiger partial charge in [0.25, 0.3) is 0 Å². The molecule has 32 heavy (non-hydrogen) atoms. The Morgan fingerprint density at radius 1 is 0.844 bits per heavy atom. The number of nitrogens with zero attached hydrogens (tertiary/aromatic N) is 2. The van der Waals surface area contributed by atoms with Gasteiger partial charge in [-0.25, -0.2) is 4.39 Å². The summed E-state index contributed by atoms with van der Waals surface area (Å²) in [6.07, 6.45) is 0. The number of alkyl halides is 1. The number of rotatable bonds is 13. The number of nitrogen functional groups attached to an aromatic ring is 2. The first-order valence-electron chi connectivity index (χ1n) is 10.1. The molecule has 0 radical (unpaired) electrons. The van der Waals surface area contributed by atoms with Crippen molar-refractivity contribution in [3.63, 3.8) is 0 Å². The van der Waals surface area contributed by atoms with E-state index in [0.29, 0.717) is 55.4 Å². The molecule has 0 aliphatic heterocycles. The van der Waals surface area contributed by atoms with E-state index < -0.39 is 6.67 Å². The molecule has 8 nitrogen and oxygen atoms in total. The van der Waals surface area contributed by atoms with Gasteiger partial charge in [0.2, 0.25) is 0 Å². The van der Waals surface area contributed by atoms with Crippen LogP contribution in [0, 0.1) is 3.57 Å². The fourth-order valence-corrected chi connectivity index (χ4v) is 3.60. The summed E-state index contributed by atoms with van der Waals surface area (Å²) in [5.41, 5.74) is 15.5. The predicted octanol–water partition coefficient (Wildman–Crippen LogP) is 3.46. The first kappa shape index (κ1) is 24.4. The zero-order valence-corrected chi connectivity index (χ0v) is 19.7. The molecule has 0 aliphatic carbocycles. The van der Waals surface area contributed by atoms with Crippen LogP contribution in [0.2, 0.25) is 0 Å². The summed E-state index contributed by atoms with van der Waals surface area (Å²) < 4.78 is 34.3. The highest BCUT2D eigenvalue weighted by atomic mass is 127. The lowest BCUT2D eigenvalue weighted by Gasteiger charge is -2.13. The summed E-state index contributed by atoms with van der Waals surface area (Å²) in [5.74, 6) is 0.301. The molecule has 0 atom stereocenters. The average molecular weight is 556 g/mol. The Labute approximate surface area is 199 Å². The summed E-state index contributed by atoms with van der Waals surface area (Å²) in [4.78, 5) is 8.78. The normalized spacial score (nSPS) is 11.2. The minimum Gasteiger partial charge on any atom is -0.461 e. The number of benzene rings is 2. The van der Waals surface area contributed by atoms with Crippen LogP contribution < -0.4 is 16.2 Å². The Bertz CT molecular complexity index is 1020. The molecule has 1 aromatic heterocycles. The van der Waals surface area contributed by atoms with Gasteiger partial charge in [0, 0.05) is 14.8 Å². The molecular formula is C22H26FIN4O4. The monoisotopic (exact) mass is 556 g/mol. The van der Waals surface area contributed by atoms with Gasteiger partial charge < -0.3 is 30.4 Å². The minimum atomic E-state index is -0.489. The zero-order chi connectivity index (χ0) is 22.8. The summed E-state index contributed by atoms with van der Waals surface area (Å²) in [7, 11) is 0. The van der Waals surface area contributed by atoms with Crippen LogP contribution in [0.3, 0.4) is 0 Å². The van der Waals surface area contributed by atoms with E-state index in [9.17, 15) is 4.39 Å². The molecule has 10 heteroatoms. The zero-order valence-electron chi connectivity index (χ0n) is 17.6. The van der Waals surface area contributed by atoms with E-state index in [4.69, 9.17) is 30.4 Å². The fraction of sp³-hybridized carbons (Fsp3) is 0.364. The van der Waals surface area contributed by atoms with Crippen LogP contribution in [0.4, 0.5) is 15.9 Å². The maximum atomic E-state index is 11.9. The number of ether oxygens (including phenoxy) is 4. The second kappa shape index (κ2) is 12.7. The molecule has 0 amide bonds. The van der Waals surface area contributed by atoms with Crippen molar-refractivity contribution in [1.29, 1.82) is 0 Å². The van der Waals surface area contributed by atoms with Crippen LogP contribution in [-0.2, 0) is 14.2 Å². The standard InChI is InChI=1S/C22H26FIN4O4/c23-6-7-29-8-9-30-10-11-31-12-13-32-22-27-18-5-4-17(25)19(20(18)21(26)28-22)15-2-1-3-16(24)14-15/h1-5,14H,6-13,25H2,(H2,26,27,28). The number of hydrogen-bond acceptors (Lipinski definition) is 8. The number of fused-ring (bicyclic) bond motifs is 1. The van der Waals surface area contributed by atoms with E-state index in [1.807, 2.05) is 24.3 Å². The second-order valence-corrected chi connectivity index (χ2v) is 7.95. The Hall–Kier alpha value is -2.28.